The molecule has 0 saturated heterocycles. The minimum Gasteiger partial charge on any atom is -0.497 e. The van der Waals surface area contributed by atoms with Crippen molar-refractivity contribution in [1.29, 1.82) is 0 Å². The third-order valence-electron chi connectivity index (χ3n) is 4.78. The number of fused-ring (bicyclic) bond motifs is 1. The highest BCUT2D eigenvalue weighted by atomic mass is 16.5. The smallest absolute Gasteiger partial charge is 0.339 e. The molecule has 1 heterocycles. The Bertz CT molecular complexity index is 1100. The fraction of sp³-hybridized carbons (Fsp3) is 0.273. The molecule has 0 aliphatic heterocycles. The average molecular weight is 397 g/mol. The molecule has 0 unspecified atom stereocenters. The van der Waals surface area contributed by atoms with Crippen molar-refractivity contribution in [3.8, 4) is 17.2 Å². The van der Waals surface area contributed by atoms with Crippen LogP contribution in [0.25, 0.3) is 11.0 Å². The third-order valence-corrected chi connectivity index (χ3v) is 4.78. The summed E-state index contributed by atoms with van der Waals surface area (Å²) in [7, 11) is 4.62. The van der Waals surface area contributed by atoms with Crippen molar-refractivity contribution < 1.29 is 23.4 Å². The van der Waals surface area contributed by atoms with E-state index in [1.165, 1.54) is 7.11 Å². The molecule has 0 aliphatic carbocycles. The Labute approximate surface area is 168 Å². The number of ether oxygens (including phenoxy) is 3. The Morgan fingerprint density at radius 3 is 2.38 bits per heavy atom. The first-order valence-corrected chi connectivity index (χ1v) is 9.09. The molecular formula is C22H23NO6. The van der Waals surface area contributed by atoms with Crippen LogP contribution in [0.1, 0.15) is 17.5 Å². The molecule has 3 aromatic rings. The fourth-order valence-corrected chi connectivity index (χ4v) is 3.15. The van der Waals surface area contributed by atoms with Crippen LogP contribution < -0.4 is 25.2 Å². The van der Waals surface area contributed by atoms with E-state index >= 15 is 0 Å². The number of rotatable bonds is 7. The average Bonchev–Trinajstić information content (AvgIpc) is 2.72. The summed E-state index contributed by atoms with van der Waals surface area (Å²) in [6, 6.07) is 10.5. The normalized spacial score (nSPS) is 10.6. The molecule has 1 N–H and O–H groups in total. The Hall–Kier alpha value is -3.48. The zero-order valence-electron chi connectivity index (χ0n) is 16.8. The first kappa shape index (κ1) is 20.3. The van der Waals surface area contributed by atoms with Crippen LogP contribution in [0.5, 0.6) is 17.2 Å². The second-order valence-corrected chi connectivity index (χ2v) is 6.47. The largest absolute Gasteiger partial charge is 0.497 e. The number of hydrogen-bond acceptors (Lipinski definition) is 6. The molecule has 1 amide bonds. The predicted molar refractivity (Wildman–Crippen MR) is 110 cm³/mol. The van der Waals surface area contributed by atoms with Gasteiger partial charge in [-0.2, -0.15) is 0 Å². The first-order chi connectivity index (χ1) is 14.0. The van der Waals surface area contributed by atoms with Crippen LogP contribution in [0.3, 0.4) is 0 Å². The number of methoxy groups -OCH3 is 3. The lowest BCUT2D eigenvalue weighted by atomic mass is 10.0. The molecule has 0 aliphatic rings. The Balaban J connectivity index is 1.78. The molecule has 0 saturated carbocycles. The SMILES string of the molecule is COc1ccc(OC)c(NC(=O)CCc2c(C)c3ccc(OC)cc3oc2=O)c1. The van der Waals surface area contributed by atoms with Gasteiger partial charge in [-0.25, -0.2) is 4.79 Å². The van der Waals surface area contributed by atoms with E-state index in [-0.39, 0.29) is 18.7 Å². The summed E-state index contributed by atoms with van der Waals surface area (Å²) in [5, 5.41) is 3.62. The summed E-state index contributed by atoms with van der Waals surface area (Å²) in [4.78, 5) is 24.9. The lowest BCUT2D eigenvalue weighted by molar-refractivity contribution is -0.116. The molecule has 0 fully saturated rings. The summed E-state index contributed by atoms with van der Waals surface area (Å²) in [5.74, 6) is 1.49. The van der Waals surface area contributed by atoms with Crippen LogP contribution >= 0.6 is 0 Å². The third kappa shape index (κ3) is 4.34. The molecule has 2 aromatic carbocycles. The number of amides is 1. The molecule has 29 heavy (non-hydrogen) atoms. The van der Waals surface area contributed by atoms with Crippen molar-refractivity contribution in [3.05, 3.63) is 57.9 Å². The van der Waals surface area contributed by atoms with Crippen molar-refractivity contribution in [3.63, 3.8) is 0 Å². The van der Waals surface area contributed by atoms with Crippen molar-refractivity contribution >= 4 is 22.6 Å². The summed E-state index contributed by atoms with van der Waals surface area (Å²) in [6.07, 6.45) is 0.377. The number of carbonyl (C=O) groups is 1. The number of aryl methyl sites for hydroxylation is 1. The monoisotopic (exact) mass is 397 g/mol. The standard InChI is InChI=1S/C22H23NO6/c1-13-16-7-5-15(27-3)12-20(16)29-22(25)17(13)8-10-21(24)23-18-11-14(26-2)6-9-19(18)28-4/h5-7,9,11-12H,8,10H2,1-4H3,(H,23,24). The van der Waals surface area contributed by atoms with E-state index in [9.17, 15) is 9.59 Å². The van der Waals surface area contributed by atoms with Gasteiger partial charge >= 0.3 is 5.63 Å². The van der Waals surface area contributed by atoms with Gasteiger partial charge in [0, 0.05) is 29.5 Å². The molecule has 0 spiro atoms. The maximum absolute atomic E-state index is 12.5. The maximum Gasteiger partial charge on any atom is 0.339 e. The quantitative estimate of drug-likeness (QED) is 0.612. The molecule has 1 aromatic heterocycles. The van der Waals surface area contributed by atoms with E-state index < -0.39 is 5.63 Å². The molecule has 152 valence electrons. The van der Waals surface area contributed by atoms with E-state index in [0.717, 1.165) is 10.9 Å². The summed E-state index contributed by atoms with van der Waals surface area (Å²) >= 11 is 0. The number of benzene rings is 2. The lowest BCUT2D eigenvalue weighted by Gasteiger charge is -2.12. The van der Waals surface area contributed by atoms with E-state index in [4.69, 9.17) is 18.6 Å². The molecule has 0 radical (unpaired) electrons. The van der Waals surface area contributed by atoms with Gasteiger partial charge in [0.1, 0.15) is 22.8 Å². The predicted octanol–water partition coefficient (Wildman–Crippen LogP) is 3.70. The molecule has 7 heteroatoms. The molecule has 3 rings (SSSR count). The van der Waals surface area contributed by atoms with Crippen LogP contribution in [0.4, 0.5) is 5.69 Å². The van der Waals surface area contributed by atoms with Crippen molar-refractivity contribution in [1.82, 2.24) is 0 Å². The van der Waals surface area contributed by atoms with E-state index in [1.54, 1.807) is 44.6 Å². The summed E-state index contributed by atoms with van der Waals surface area (Å²) in [5.41, 5.74) is 1.79. The van der Waals surface area contributed by atoms with Crippen molar-refractivity contribution in [2.24, 2.45) is 0 Å². The van der Waals surface area contributed by atoms with Crippen LogP contribution in [0, 0.1) is 6.92 Å². The minimum atomic E-state index is -0.449. The van der Waals surface area contributed by atoms with Gasteiger partial charge in [-0.05, 0) is 43.2 Å². The van der Waals surface area contributed by atoms with Gasteiger partial charge in [0.05, 0.1) is 27.0 Å². The second kappa shape index (κ2) is 8.68. The van der Waals surface area contributed by atoms with Gasteiger partial charge in [0.2, 0.25) is 5.91 Å². The van der Waals surface area contributed by atoms with Crippen LogP contribution in [0.2, 0.25) is 0 Å². The molecule has 0 atom stereocenters. The summed E-state index contributed by atoms with van der Waals surface area (Å²) in [6.45, 7) is 1.85. The highest BCUT2D eigenvalue weighted by molar-refractivity contribution is 5.93. The van der Waals surface area contributed by atoms with Crippen LogP contribution in [-0.2, 0) is 11.2 Å². The van der Waals surface area contributed by atoms with Crippen molar-refractivity contribution in [2.45, 2.75) is 19.8 Å². The van der Waals surface area contributed by atoms with Gasteiger partial charge in [-0.1, -0.05) is 0 Å². The number of anilines is 1. The number of nitrogens with one attached hydrogen (secondary N) is 1. The van der Waals surface area contributed by atoms with E-state index in [2.05, 4.69) is 5.32 Å². The fourth-order valence-electron chi connectivity index (χ4n) is 3.15. The molecule has 0 bridgehead atoms. The number of carbonyl (C=O) groups excluding carboxylic acids is 1. The Morgan fingerprint density at radius 2 is 1.69 bits per heavy atom. The van der Waals surface area contributed by atoms with Gasteiger partial charge in [0.15, 0.2) is 0 Å². The van der Waals surface area contributed by atoms with Crippen LogP contribution in [0.15, 0.2) is 45.6 Å². The lowest BCUT2D eigenvalue weighted by Crippen LogP contribution is -2.17. The first-order valence-electron chi connectivity index (χ1n) is 9.09. The minimum absolute atomic E-state index is 0.119. The van der Waals surface area contributed by atoms with Gasteiger partial charge in [-0.3, -0.25) is 4.79 Å². The Kier molecular flexibility index (Phi) is 6.07. The summed E-state index contributed by atoms with van der Waals surface area (Å²) < 4.78 is 21.1. The molecular weight excluding hydrogens is 374 g/mol. The Morgan fingerprint density at radius 1 is 1.00 bits per heavy atom. The molecule has 7 nitrogen and oxygen atoms in total. The van der Waals surface area contributed by atoms with E-state index in [0.29, 0.717) is 34.1 Å². The van der Waals surface area contributed by atoms with Gasteiger partial charge in [-0.15, -0.1) is 0 Å². The van der Waals surface area contributed by atoms with Crippen molar-refractivity contribution in [2.75, 3.05) is 26.6 Å². The highest BCUT2D eigenvalue weighted by Crippen LogP contribution is 2.29. The second-order valence-electron chi connectivity index (χ2n) is 6.47. The highest BCUT2D eigenvalue weighted by Gasteiger charge is 2.15. The van der Waals surface area contributed by atoms with Crippen LogP contribution in [-0.4, -0.2) is 27.2 Å². The zero-order chi connectivity index (χ0) is 21.0. The zero-order valence-corrected chi connectivity index (χ0v) is 16.8. The van der Waals surface area contributed by atoms with Gasteiger partial charge < -0.3 is 23.9 Å². The topological polar surface area (TPSA) is 87.0 Å². The maximum atomic E-state index is 12.5. The number of hydrogen-bond donors (Lipinski definition) is 1. The van der Waals surface area contributed by atoms with E-state index in [1.807, 2.05) is 13.0 Å². The van der Waals surface area contributed by atoms with Gasteiger partial charge in [0.25, 0.3) is 0 Å².